The van der Waals surface area contributed by atoms with Crippen molar-refractivity contribution in [2.75, 3.05) is 56.4 Å². The van der Waals surface area contributed by atoms with Gasteiger partial charge >= 0.3 is 0 Å². The van der Waals surface area contributed by atoms with E-state index in [1.807, 2.05) is 30.5 Å². The predicted molar refractivity (Wildman–Crippen MR) is 153 cm³/mol. The molecule has 1 saturated carbocycles. The number of nitrogens with one attached hydrogen (secondary N) is 3. The fourth-order valence-electron chi connectivity index (χ4n) is 6.18. The number of aromatic nitrogens is 3. The second-order valence-corrected chi connectivity index (χ2v) is 14.0. The molecule has 204 valence electrons. The minimum atomic E-state index is -2.48. The number of nitrogens with zero attached hydrogens (tertiary/aromatic N) is 3. The van der Waals surface area contributed by atoms with Crippen molar-refractivity contribution in [3.05, 3.63) is 30.5 Å². The molecule has 3 N–H and O–H groups in total. The van der Waals surface area contributed by atoms with Crippen molar-refractivity contribution < 1.29 is 14.0 Å². The van der Waals surface area contributed by atoms with E-state index < -0.39 is 7.14 Å². The predicted octanol–water partition coefficient (Wildman–Crippen LogP) is 4.94. The number of hydrogen-bond donors (Lipinski definition) is 3. The highest BCUT2D eigenvalue weighted by molar-refractivity contribution is 7.71. The van der Waals surface area contributed by atoms with Crippen LogP contribution in [-0.2, 0) is 9.30 Å². The van der Waals surface area contributed by atoms with Crippen LogP contribution in [0.1, 0.15) is 44.9 Å². The molecule has 6 rings (SSSR count). The number of H-pyrrole nitrogens is 1. The maximum absolute atomic E-state index is 14.0. The second kappa shape index (κ2) is 11.2. The Morgan fingerprint density at radius 2 is 1.84 bits per heavy atom. The summed E-state index contributed by atoms with van der Waals surface area (Å²) in [4.78, 5) is 15.3. The molecule has 38 heavy (non-hydrogen) atoms. The summed E-state index contributed by atoms with van der Waals surface area (Å²) in [7, 11) is -0.825. The highest BCUT2D eigenvalue weighted by Gasteiger charge is 2.34. The van der Waals surface area contributed by atoms with Gasteiger partial charge < -0.3 is 29.7 Å². The van der Waals surface area contributed by atoms with E-state index in [4.69, 9.17) is 19.4 Å². The van der Waals surface area contributed by atoms with E-state index in [0.29, 0.717) is 36.1 Å². The van der Waals surface area contributed by atoms with Crippen LogP contribution >= 0.6 is 7.14 Å². The summed E-state index contributed by atoms with van der Waals surface area (Å²) in [5.74, 6) is 2.00. The molecule has 0 unspecified atom stereocenters. The number of fused-ring (bicyclic) bond motifs is 1. The lowest BCUT2D eigenvalue weighted by Crippen LogP contribution is -2.45. The number of aromatic amines is 1. The first-order valence-electron chi connectivity index (χ1n) is 14.1. The maximum Gasteiger partial charge on any atom is 0.231 e. The third-order valence-electron chi connectivity index (χ3n) is 8.47. The van der Waals surface area contributed by atoms with Gasteiger partial charge in [0.05, 0.1) is 18.2 Å². The number of rotatable bonds is 7. The van der Waals surface area contributed by atoms with Crippen molar-refractivity contribution in [2.45, 2.75) is 57.0 Å². The Hall–Kier alpha value is -2.61. The summed E-state index contributed by atoms with van der Waals surface area (Å²) >= 11 is 0. The molecule has 2 aromatic heterocycles. The number of ether oxygens (including phenoxy) is 2. The standard InChI is InChI=1S/C28H39N6O3P/c1-36-25-19-22(38(35)17-13-34(14-18-38)21-10-15-37-16-11-21)7-8-24(25)31-28-32-26-23(9-12-29-26)27(33-28)30-20-5-3-2-4-6-20/h7-9,12,19-21H,2-6,10-11,13-18H2,1H3,(H3,29,30,31,32,33). The monoisotopic (exact) mass is 538 g/mol. The van der Waals surface area contributed by atoms with Crippen molar-refractivity contribution in [2.24, 2.45) is 0 Å². The largest absolute Gasteiger partial charge is 0.495 e. The Morgan fingerprint density at radius 1 is 1.05 bits per heavy atom. The van der Waals surface area contributed by atoms with Gasteiger partial charge in [-0.2, -0.15) is 9.97 Å². The van der Waals surface area contributed by atoms with E-state index >= 15 is 0 Å². The van der Waals surface area contributed by atoms with Crippen LogP contribution in [0.15, 0.2) is 30.5 Å². The molecule has 0 spiro atoms. The summed E-state index contributed by atoms with van der Waals surface area (Å²) in [5, 5.41) is 8.91. The van der Waals surface area contributed by atoms with Crippen LogP contribution in [0.2, 0.25) is 0 Å². The summed E-state index contributed by atoms with van der Waals surface area (Å²) < 4.78 is 25.3. The molecule has 0 radical (unpaired) electrons. The fraction of sp³-hybridized carbons (Fsp3) is 0.571. The summed E-state index contributed by atoms with van der Waals surface area (Å²) in [6.07, 6.45) is 11.6. The Morgan fingerprint density at radius 3 is 2.61 bits per heavy atom. The second-order valence-electron chi connectivity index (χ2n) is 10.8. The first-order chi connectivity index (χ1) is 18.6. The third-order valence-corrected chi connectivity index (χ3v) is 11.5. The summed E-state index contributed by atoms with van der Waals surface area (Å²) in [6.45, 7) is 3.43. The van der Waals surface area contributed by atoms with Crippen molar-refractivity contribution in [1.82, 2.24) is 19.9 Å². The molecule has 10 heteroatoms. The molecule has 2 aliphatic heterocycles. The minimum absolute atomic E-state index is 0.438. The lowest BCUT2D eigenvalue weighted by molar-refractivity contribution is 0.0371. The van der Waals surface area contributed by atoms with E-state index in [0.717, 1.165) is 67.0 Å². The zero-order chi connectivity index (χ0) is 26.0. The number of benzene rings is 1. The molecule has 0 bridgehead atoms. The molecule has 4 heterocycles. The fourth-order valence-corrected chi connectivity index (χ4v) is 8.78. The van der Waals surface area contributed by atoms with Crippen LogP contribution in [0.25, 0.3) is 11.0 Å². The van der Waals surface area contributed by atoms with Crippen molar-refractivity contribution in [3.63, 3.8) is 0 Å². The minimum Gasteiger partial charge on any atom is -0.495 e. The zero-order valence-electron chi connectivity index (χ0n) is 22.2. The molecule has 9 nitrogen and oxygen atoms in total. The number of hydrogen-bond acceptors (Lipinski definition) is 8. The number of methoxy groups -OCH3 is 1. The quantitative estimate of drug-likeness (QED) is 0.364. The van der Waals surface area contributed by atoms with Gasteiger partial charge in [-0.25, -0.2) is 0 Å². The first kappa shape index (κ1) is 25.7. The van der Waals surface area contributed by atoms with Gasteiger partial charge in [-0.3, -0.25) is 4.90 Å². The summed E-state index contributed by atoms with van der Waals surface area (Å²) in [5.41, 5.74) is 1.55. The van der Waals surface area contributed by atoms with Crippen LogP contribution in [0.3, 0.4) is 0 Å². The van der Waals surface area contributed by atoms with Crippen LogP contribution in [-0.4, -0.2) is 77.7 Å². The molecular formula is C28H39N6O3P. The molecule has 0 atom stereocenters. The number of anilines is 3. The van der Waals surface area contributed by atoms with E-state index in [-0.39, 0.29) is 0 Å². The van der Waals surface area contributed by atoms with Crippen molar-refractivity contribution in [3.8, 4) is 5.75 Å². The normalized spacial score (nSPS) is 21.4. The van der Waals surface area contributed by atoms with Gasteiger partial charge in [-0.1, -0.05) is 19.3 Å². The Labute approximate surface area is 224 Å². The molecule has 0 amide bonds. The van der Waals surface area contributed by atoms with Crippen LogP contribution < -0.4 is 20.7 Å². The average molecular weight is 539 g/mol. The molecule has 1 aliphatic carbocycles. The third kappa shape index (κ3) is 5.42. The maximum atomic E-state index is 14.0. The van der Waals surface area contributed by atoms with Gasteiger partial charge in [0, 0.05) is 62.2 Å². The van der Waals surface area contributed by atoms with E-state index in [2.05, 4.69) is 20.5 Å². The first-order valence-corrected chi connectivity index (χ1v) is 16.2. The molecule has 3 aliphatic rings. The van der Waals surface area contributed by atoms with Crippen LogP contribution in [0.4, 0.5) is 17.5 Å². The van der Waals surface area contributed by atoms with Gasteiger partial charge in [-0.15, -0.1) is 0 Å². The van der Waals surface area contributed by atoms with E-state index in [1.54, 1.807) is 7.11 Å². The van der Waals surface area contributed by atoms with Gasteiger partial charge in [0.1, 0.15) is 24.4 Å². The van der Waals surface area contributed by atoms with Gasteiger partial charge in [-0.05, 0) is 49.9 Å². The zero-order valence-corrected chi connectivity index (χ0v) is 23.1. The van der Waals surface area contributed by atoms with Gasteiger partial charge in [0.2, 0.25) is 5.95 Å². The smallest absolute Gasteiger partial charge is 0.231 e. The average Bonchev–Trinajstić information content (AvgIpc) is 3.44. The SMILES string of the molecule is COc1cc(P2(=O)CCN(C3CCOCC3)CC2)ccc1Nc1nc(NC2CCCCC2)c2cc[nH]c2n1. The lowest BCUT2D eigenvalue weighted by atomic mass is 9.95. The topological polar surface area (TPSA) is 104 Å². The Bertz CT molecular complexity index is 1290. The molecule has 3 aromatic rings. The highest BCUT2D eigenvalue weighted by atomic mass is 31.2. The van der Waals surface area contributed by atoms with Gasteiger partial charge in [0.15, 0.2) is 0 Å². The Kier molecular flexibility index (Phi) is 7.59. The van der Waals surface area contributed by atoms with Crippen molar-refractivity contribution >= 4 is 40.9 Å². The summed E-state index contributed by atoms with van der Waals surface area (Å²) in [6, 6.07) is 8.91. The molecular weight excluding hydrogens is 499 g/mol. The Balaban J connectivity index is 1.19. The molecule has 2 saturated heterocycles. The van der Waals surface area contributed by atoms with Crippen LogP contribution in [0, 0.1) is 0 Å². The van der Waals surface area contributed by atoms with E-state index in [1.165, 1.54) is 32.1 Å². The van der Waals surface area contributed by atoms with Gasteiger partial charge in [0.25, 0.3) is 0 Å². The van der Waals surface area contributed by atoms with Crippen molar-refractivity contribution in [1.29, 1.82) is 0 Å². The lowest BCUT2D eigenvalue weighted by Gasteiger charge is -2.39. The molecule has 1 aromatic carbocycles. The molecule has 3 fully saturated rings. The van der Waals surface area contributed by atoms with Crippen LogP contribution in [0.5, 0.6) is 5.75 Å². The van der Waals surface area contributed by atoms with E-state index in [9.17, 15) is 4.57 Å². The highest BCUT2D eigenvalue weighted by Crippen LogP contribution is 2.48.